The lowest BCUT2D eigenvalue weighted by Gasteiger charge is -2.41. The smallest absolute Gasteiger partial charge is 0.253 e. The molecule has 0 bridgehead atoms. The number of hydrogen-bond acceptors (Lipinski definition) is 3. The molecule has 0 aliphatic carbocycles. The number of carbonyl (C=O) groups excluding carboxylic acids is 2. The largest absolute Gasteiger partial charge is 0.337 e. The van der Waals surface area contributed by atoms with Crippen molar-refractivity contribution < 1.29 is 9.59 Å². The standard InChI is InChI=1S/C27H25Cl2N3O2/c28-22-12-21(13-23(29)14-22)18-6-8-20(9-7-18)27(34)32-16-25(17-32)30-24-10-11-31(15-24)26(33)19-4-2-1-3-5-19/h1-9,12-14,24-25,30H,10-11,15-17H2/t24-/m0/s1. The molecule has 0 radical (unpaired) electrons. The van der Waals surface area contributed by atoms with Crippen LogP contribution in [0.5, 0.6) is 0 Å². The van der Waals surface area contributed by atoms with Crippen LogP contribution >= 0.6 is 23.2 Å². The van der Waals surface area contributed by atoms with Gasteiger partial charge in [-0.1, -0.05) is 53.5 Å². The van der Waals surface area contributed by atoms with Crippen LogP contribution in [0.2, 0.25) is 10.0 Å². The molecule has 5 nitrogen and oxygen atoms in total. The lowest BCUT2D eigenvalue weighted by molar-refractivity contribution is 0.0552. The summed E-state index contributed by atoms with van der Waals surface area (Å²) in [4.78, 5) is 29.3. The fraction of sp³-hybridized carbons (Fsp3) is 0.259. The van der Waals surface area contributed by atoms with Crippen molar-refractivity contribution in [3.63, 3.8) is 0 Å². The van der Waals surface area contributed by atoms with Gasteiger partial charge in [0.05, 0.1) is 0 Å². The van der Waals surface area contributed by atoms with E-state index >= 15 is 0 Å². The zero-order chi connectivity index (χ0) is 23.7. The van der Waals surface area contributed by atoms with Gasteiger partial charge in [-0.05, 0) is 60.0 Å². The van der Waals surface area contributed by atoms with Crippen molar-refractivity contribution >= 4 is 35.0 Å². The third kappa shape index (κ3) is 4.97. The fourth-order valence-corrected chi connectivity index (χ4v) is 5.16. The van der Waals surface area contributed by atoms with E-state index in [1.54, 1.807) is 6.07 Å². The summed E-state index contributed by atoms with van der Waals surface area (Å²) < 4.78 is 0. The Morgan fingerprint density at radius 1 is 0.706 bits per heavy atom. The Bertz CT molecular complexity index is 1170. The van der Waals surface area contributed by atoms with Crippen LogP contribution in [-0.2, 0) is 0 Å². The lowest BCUT2D eigenvalue weighted by Crippen LogP contribution is -2.62. The van der Waals surface area contributed by atoms with Crippen molar-refractivity contribution in [2.24, 2.45) is 0 Å². The molecule has 1 atom stereocenters. The summed E-state index contributed by atoms with van der Waals surface area (Å²) in [7, 11) is 0. The summed E-state index contributed by atoms with van der Waals surface area (Å²) >= 11 is 12.2. The van der Waals surface area contributed by atoms with Gasteiger partial charge in [0.2, 0.25) is 0 Å². The van der Waals surface area contributed by atoms with Gasteiger partial charge in [0.15, 0.2) is 0 Å². The molecule has 2 fully saturated rings. The molecule has 0 spiro atoms. The summed E-state index contributed by atoms with van der Waals surface area (Å²) in [6.45, 7) is 2.80. The van der Waals surface area contributed by atoms with Gasteiger partial charge in [0.1, 0.15) is 0 Å². The predicted molar refractivity (Wildman–Crippen MR) is 135 cm³/mol. The van der Waals surface area contributed by atoms with Crippen molar-refractivity contribution in [1.82, 2.24) is 15.1 Å². The van der Waals surface area contributed by atoms with Crippen molar-refractivity contribution in [2.45, 2.75) is 18.5 Å². The van der Waals surface area contributed by atoms with Crippen molar-refractivity contribution in [1.29, 1.82) is 0 Å². The lowest BCUT2D eigenvalue weighted by atomic mass is 10.0. The van der Waals surface area contributed by atoms with Crippen LogP contribution in [0.3, 0.4) is 0 Å². The van der Waals surface area contributed by atoms with Gasteiger partial charge >= 0.3 is 0 Å². The Kier molecular flexibility index (Phi) is 6.59. The van der Waals surface area contributed by atoms with Crippen LogP contribution in [0.4, 0.5) is 0 Å². The van der Waals surface area contributed by atoms with E-state index in [1.165, 1.54) is 0 Å². The SMILES string of the molecule is O=C(c1ccc(-c2cc(Cl)cc(Cl)c2)cc1)N1CC(N[C@H]2CCN(C(=O)c3ccccc3)C2)C1. The highest BCUT2D eigenvalue weighted by molar-refractivity contribution is 6.35. The molecule has 0 aromatic heterocycles. The monoisotopic (exact) mass is 493 g/mol. The highest BCUT2D eigenvalue weighted by Crippen LogP contribution is 2.28. The summed E-state index contributed by atoms with van der Waals surface area (Å²) in [5.74, 6) is 0.111. The molecule has 0 unspecified atom stereocenters. The number of nitrogens with zero attached hydrogens (tertiary/aromatic N) is 2. The molecule has 3 aromatic carbocycles. The average Bonchev–Trinajstić information content (AvgIpc) is 3.29. The first kappa shape index (κ1) is 22.9. The molecule has 2 aliphatic heterocycles. The van der Waals surface area contributed by atoms with Gasteiger partial charge in [0, 0.05) is 59.4 Å². The third-order valence-electron chi connectivity index (χ3n) is 6.46. The van der Waals surface area contributed by atoms with Crippen LogP contribution in [0.1, 0.15) is 27.1 Å². The van der Waals surface area contributed by atoms with Gasteiger partial charge in [-0.25, -0.2) is 0 Å². The number of halogens is 2. The molecule has 2 heterocycles. The van der Waals surface area contributed by atoms with Gasteiger partial charge in [-0.3, -0.25) is 9.59 Å². The zero-order valence-corrected chi connectivity index (χ0v) is 20.1. The van der Waals surface area contributed by atoms with E-state index in [0.717, 1.165) is 29.7 Å². The highest BCUT2D eigenvalue weighted by Gasteiger charge is 2.35. The summed E-state index contributed by atoms with van der Waals surface area (Å²) in [6, 6.07) is 22.9. The van der Waals surface area contributed by atoms with Gasteiger partial charge in [-0.15, -0.1) is 0 Å². The van der Waals surface area contributed by atoms with Crippen molar-refractivity contribution in [3.8, 4) is 11.1 Å². The normalized spacial score (nSPS) is 18.1. The molecule has 5 rings (SSSR count). The second kappa shape index (κ2) is 9.79. The minimum atomic E-state index is 0.0287. The van der Waals surface area contributed by atoms with Crippen LogP contribution in [0.15, 0.2) is 72.8 Å². The van der Waals surface area contributed by atoms with Gasteiger partial charge in [0.25, 0.3) is 11.8 Å². The van der Waals surface area contributed by atoms with E-state index < -0.39 is 0 Å². The quantitative estimate of drug-likeness (QED) is 0.544. The molecule has 34 heavy (non-hydrogen) atoms. The van der Waals surface area contributed by atoms with Gasteiger partial charge in [-0.2, -0.15) is 0 Å². The maximum Gasteiger partial charge on any atom is 0.253 e. The first-order valence-electron chi connectivity index (χ1n) is 11.4. The molecule has 3 aromatic rings. The Hall–Kier alpha value is -2.86. The molecule has 1 N–H and O–H groups in total. The van der Waals surface area contributed by atoms with E-state index in [4.69, 9.17) is 23.2 Å². The second-order valence-electron chi connectivity index (χ2n) is 8.91. The molecule has 2 saturated heterocycles. The molecule has 174 valence electrons. The van der Waals surface area contributed by atoms with E-state index in [-0.39, 0.29) is 23.9 Å². The number of amides is 2. The minimum absolute atomic E-state index is 0.0287. The minimum Gasteiger partial charge on any atom is -0.337 e. The molecule has 7 heteroatoms. The van der Waals surface area contributed by atoms with Crippen molar-refractivity contribution in [2.75, 3.05) is 26.2 Å². The van der Waals surface area contributed by atoms with E-state index in [9.17, 15) is 9.59 Å². The predicted octanol–water partition coefficient (Wildman–Crippen LogP) is 4.99. The zero-order valence-electron chi connectivity index (χ0n) is 18.6. The number of nitrogens with one attached hydrogen (secondary N) is 1. The first-order chi connectivity index (χ1) is 16.5. The molecule has 2 amide bonds. The Morgan fingerprint density at radius 3 is 1.97 bits per heavy atom. The number of hydrogen-bond donors (Lipinski definition) is 1. The number of rotatable bonds is 5. The van der Waals surface area contributed by atoms with Crippen LogP contribution in [0, 0.1) is 0 Å². The van der Waals surface area contributed by atoms with Crippen LogP contribution in [0.25, 0.3) is 11.1 Å². The van der Waals surface area contributed by atoms with E-state index in [0.29, 0.717) is 35.2 Å². The average molecular weight is 494 g/mol. The fourth-order valence-electron chi connectivity index (χ4n) is 4.64. The van der Waals surface area contributed by atoms with E-state index in [1.807, 2.05) is 76.5 Å². The van der Waals surface area contributed by atoms with E-state index in [2.05, 4.69) is 5.32 Å². The Labute approximate surface area is 209 Å². The Morgan fingerprint density at radius 2 is 1.29 bits per heavy atom. The maximum absolute atomic E-state index is 12.9. The second-order valence-corrected chi connectivity index (χ2v) is 9.78. The molecular formula is C27H25Cl2N3O2. The van der Waals surface area contributed by atoms with Crippen LogP contribution in [-0.4, -0.2) is 59.9 Å². The van der Waals surface area contributed by atoms with Gasteiger partial charge < -0.3 is 15.1 Å². The Balaban J connectivity index is 1.11. The summed E-state index contributed by atoms with van der Waals surface area (Å²) in [6.07, 6.45) is 0.929. The number of benzene rings is 3. The topological polar surface area (TPSA) is 52.7 Å². The highest BCUT2D eigenvalue weighted by atomic mass is 35.5. The summed E-state index contributed by atoms with van der Waals surface area (Å²) in [5, 5.41) is 4.78. The molecule has 0 saturated carbocycles. The molecule has 2 aliphatic rings. The summed E-state index contributed by atoms with van der Waals surface area (Å²) in [5.41, 5.74) is 3.27. The van der Waals surface area contributed by atoms with Crippen molar-refractivity contribution in [3.05, 3.63) is 94.0 Å². The first-order valence-corrected chi connectivity index (χ1v) is 12.2. The maximum atomic E-state index is 12.9. The number of likely N-dealkylation sites (tertiary alicyclic amines) is 2. The third-order valence-corrected chi connectivity index (χ3v) is 6.90. The van der Waals surface area contributed by atoms with Crippen LogP contribution < -0.4 is 5.32 Å². The molecular weight excluding hydrogens is 469 g/mol. The number of carbonyl (C=O) groups is 2.